The molecule has 0 aliphatic heterocycles. The summed E-state index contributed by atoms with van der Waals surface area (Å²) in [6, 6.07) is 3.71. The summed E-state index contributed by atoms with van der Waals surface area (Å²) in [5.74, 6) is -1.92. The third kappa shape index (κ3) is 2.12. The number of rotatable bonds is 1. The van der Waals surface area contributed by atoms with Gasteiger partial charge in [0, 0.05) is 0 Å². The zero-order chi connectivity index (χ0) is 9.14. The van der Waals surface area contributed by atoms with Crippen molar-refractivity contribution in [2.75, 3.05) is 5.32 Å². The summed E-state index contributed by atoms with van der Waals surface area (Å²) in [6.07, 6.45) is 0. The molecule has 1 nitrogen and oxygen atoms in total. The van der Waals surface area contributed by atoms with Crippen LogP contribution in [0.1, 0.15) is 0 Å². The number of hydrogen-bond acceptors (Lipinski definition) is 1. The van der Waals surface area contributed by atoms with Gasteiger partial charge in [-0.1, -0.05) is 17.7 Å². The van der Waals surface area contributed by atoms with E-state index in [1.54, 1.807) is 0 Å². The number of anilines is 1. The quantitative estimate of drug-likeness (QED) is 0.432. The van der Waals surface area contributed by atoms with E-state index in [2.05, 4.69) is 17.5 Å². The largest absolute Gasteiger partial charge is 0.334 e. The summed E-state index contributed by atoms with van der Waals surface area (Å²) in [4.78, 5) is 0. The van der Waals surface area contributed by atoms with E-state index in [-0.39, 0.29) is 10.1 Å². The summed E-state index contributed by atoms with van der Waals surface area (Å²) in [7, 11) is 0. The van der Waals surface area contributed by atoms with Crippen molar-refractivity contribution in [1.82, 2.24) is 0 Å². The molecule has 0 saturated carbocycles. The number of nitrogens with one attached hydrogen (secondary N) is 1. The average molecular weight is 208 g/mol. The van der Waals surface area contributed by atoms with Gasteiger partial charge in [0.2, 0.25) is 0 Å². The standard InChI is InChI=1S/C7H4ClF2NS/c8-7(12)11-5-3-1-2-4(9)6(5)10/h1-3H,(H,11,12). The number of benzene rings is 1. The maximum atomic E-state index is 12.8. The minimum Gasteiger partial charge on any atom is -0.334 e. The molecule has 64 valence electrons. The van der Waals surface area contributed by atoms with Crippen LogP contribution in [0.2, 0.25) is 0 Å². The van der Waals surface area contributed by atoms with E-state index in [9.17, 15) is 8.78 Å². The number of hydrogen-bond donors (Lipinski definition) is 1. The first-order valence-corrected chi connectivity index (χ1v) is 3.80. The van der Waals surface area contributed by atoms with Crippen molar-refractivity contribution in [1.29, 1.82) is 0 Å². The minimum absolute atomic E-state index is 0.0602. The highest BCUT2D eigenvalue weighted by Crippen LogP contribution is 2.16. The van der Waals surface area contributed by atoms with Crippen molar-refractivity contribution < 1.29 is 8.78 Å². The Hall–Kier alpha value is -0.740. The Morgan fingerprint density at radius 3 is 2.67 bits per heavy atom. The zero-order valence-corrected chi connectivity index (χ0v) is 7.35. The molecule has 0 atom stereocenters. The van der Waals surface area contributed by atoms with Gasteiger partial charge in [-0.3, -0.25) is 0 Å². The van der Waals surface area contributed by atoms with Crippen LogP contribution >= 0.6 is 23.8 Å². The predicted octanol–water partition coefficient (Wildman–Crippen LogP) is 2.90. The van der Waals surface area contributed by atoms with Crippen LogP contribution in [0.25, 0.3) is 0 Å². The Labute approximate surface area is 78.3 Å². The van der Waals surface area contributed by atoms with E-state index in [0.29, 0.717) is 0 Å². The van der Waals surface area contributed by atoms with Gasteiger partial charge in [-0.2, -0.15) is 0 Å². The molecule has 1 aromatic carbocycles. The maximum Gasteiger partial charge on any atom is 0.182 e. The highest BCUT2D eigenvalue weighted by molar-refractivity contribution is 7.83. The summed E-state index contributed by atoms with van der Waals surface area (Å²) < 4.78 is 25.2. The first-order chi connectivity index (χ1) is 5.61. The van der Waals surface area contributed by atoms with Crippen LogP contribution in [-0.2, 0) is 0 Å². The minimum atomic E-state index is -0.986. The Morgan fingerprint density at radius 2 is 2.08 bits per heavy atom. The highest BCUT2D eigenvalue weighted by Gasteiger charge is 2.06. The fraction of sp³-hybridized carbons (Fsp3) is 0. The summed E-state index contributed by atoms with van der Waals surface area (Å²) in [6.45, 7) is 0. The maximum absolute atomic E-state index is 12.8. The fourth-order valence-corrected chi connectivity index (χ4v) is 0.918. The molecule has 1 N–H and O–H groups in total. The lowest BCUT2D eigenvalue weighted by Crippen LogP contribution is -2.03. The molecule has 0 aromatic heterocycles. The van der Waals surface area contributed by atoms with Crippen LogP contribution in [0.4, 0.5) is 14.5 Å². The van der Waals surface area contributed by atoms with E-state index in [4.69, 9.17) is 11.6 Å². The molecule has 0 spiro atoms. The lowest BCUT2D eigenvalue weighted by Gasteiger charge is -2.03. The van der Waals surface area contributed by atoms with Crippen molar-refractivity contribution in [3.8, 4) is 0 Å². The second-order valence-corrected chi connectivity index (χ2v) is 3.01. The van der Waals surface area contributed by atoms with Crippen molar-refractivity contribution in [3.05, 3.63) is 29.8 Å². The molecule has 0 aliphatic rings. The third-order valence-corrected chi connectivity index (χ3v) is 1.38. The third-order valence-electron chi connectivity index (χ3n) is 1.18. The van der Waals surface area contributed by atoms with Crippen molar-refractivity contribution in [2.24, 2.45) is 0 Å². The zero-order valence-electron chi connectivity index (χ0n) is 5.77. The van der Waals surface area contributed by atoms with Gasteiger partial charge >= 0.3 is 0 Å². The molecular formula is C7H4ClF2NS. The number of thiocarbonyl (C=S) groups is 1. The van der Waals surface area contributed by atoms with Gasteiger partial charge in [-0.25, -0.2) is 8.78 Å². The molecule has 0 unspecified atom stereocenters. The molecule has 0 fully saturated rings. The van der Waals surface area contributed by atoms with E-state index in [0.717, 1.165) is 6.07 Å². The van der Waals surface area contributed by atoms with Gasteiger partial charge in [0.1, 0.15) is 0 Å². The van der Waals surface area contributed by atoms with Crippen LogP contribution < -0.4 is 5.32 Å². The van der Waals surface area contributed by atoms with Crippen molar-refractivity contribution >= 4 is 34.0 Å². The molecule has 5 heteroatoms. The monoisotopic (exact) mass is 207 g/mol. The lowest BCUT2D eigenvalue weighted by atomic mass is 10.3. The van der Waals surface area contributed by atoms with Gasteiger partial charge in [-0.15, -0.1) is 0 Å². The lowest BCUT2D eigenvalue weighted by molar-refractivity contribution is 0.512. The highest BCUT2D eigenvalue weighted by atomic mass is 35.5. The molecule has 0 amide bonds. The van der Waals surface area contributed by atoms with E-state index in [1.807, 2.05) is 0 Å². The molecule has 0 saturated heterocycles. The van der Waals surface area contributed by atoms with E-state index >= 15 is 0 Å². The molecular weight excluding hydrogens is 204 g/mol. The van der Waals surface area contributed by atoms with E-state index in [1.165, 1.54) is 12.1 Å². The predicted molar refractivity (Wildman–Crippen MR) is 48.4 cm³/mol. The average Bonchev–Trinajstić information content (AvgIpc) is 1.98. The molecule has 12 heavy (non-hydrogen) atoms. The SMILES string of the molecule is Fc1cccc(NC(=S)Cl)c1F. The van der Waals surface area contributed by atoms with Gasteiger partial charge in [0.25, 0.3) is 0 Å². The van der Waals surface area contributed by atoms with Crippen LogP contribution in [0.15, 0.2) is 18.2 Å². The van der Waals surface area contributed by atoms with Gasteiger partial charge in [-0.05, 0) is 24.4 Å². The van der Waals surface area contributed by atoms with Gasteiger partial charge < -0.3 is 5.32 Å². The number of halogens is 3. The van der Waals surface area contributed by atoms with Gasteiger partial charge in [0.15, 0.2) is 16.1 Å². The fourth-order valence-electron chi connectivity index (χ4n) is 0.706. The Kier molecular flexibility index (Phi) is 2.94. The summed E-state index contributed by atoms with van der Waals surface area (Å²) in [5, 5.41) is 2.30. The normalized spacial score (nSPS) is 9.58. The Morgan fingerprint density at radius 1 is 1.42 bits per heavy atom. The second-order valence-electron chi connectivity index (χ2n) is 2.00. The molecule has 1 rings (SSSR count). The Bertz CT molecular complexity index is 316. The van der Waals surface area contributed by atoms with Crippen LogP contribution in [-0.4, -0.2) is 4.45 Å². The smallest absolute Gasteiger partial charge is 0.182 e. The van der Waals surface area contributed by atoms with Crippen molar-refractivity contribution in [2.45, 2.75) is 0 Å². The van der Waals surface area contributed by atoms with Crippen LogP contribution in [0.5, 0.6) is 0 Å². The summed E-state index contributed by atoms with van der Waals surface area (Å²) in [5.41, 5.74) is -0.0602. The van der Waals surface area contributed by atoms with Gasteiger partial charge in [0.05, 0.1) is 5.69 Å². The molecule has 0 heterocycles. The van der Waals surface area contributed by atoms with E-state index < -0.39 is 11.6 Å². The molecule has 0 aliphatic carbocycles. The first kappa shape index (κ1) is 9.35. The first-order valence-electron chi connectivity index (χ1n) is 3.02. The van der Waals surface area contributed by atoms with Crippen LogP contribution in [0, 0.1) is 11.6 Å². The molecule has 0 bridgehead atoms. The Balaban J connectivity index is 3.00. The second kappa shape index (κ2) is 3.78. The molecule has 1 aromatic rings. The van der Waals surface area contributed by atoms with Crippen molar-refractivity contribution in [3.63, 3.8) is 0 Å². The molecule has 0 radical (unpaired) electrons. The topological polar surface area (TPSA) is 12.0 Å². The van der Waals surface area contributed by atoms with Crippen LogP contribution in [0.3, 0.4) is 0 Å². The summed E-state index contributed by atoms with van der Waals surface area (Å²) >= 11 is 9.71.